The lowest BCUT2D eigenvalue weighted by Gasteiger charge is -2.46. The first-order valence-electron chi connectivity index (χ1n) is 6.68. The minimum Gasteiger partial charge on any atom is -0.491 e. The maximum absolute atomic E-state index is 11.9. The third-order valence-corrected chi connectivity index (χ3v) is 4.53. The number of hydrogen-bond donors (Lipinski definition) is 0. The van der Waals surface area contributed by atoms with Crippen LogP contribution in [0.1, 0.15) is 52.4 Å². The Morgan fingerprint density at radius 1 is 1.41 bits per heavy atom. The van der Waals surface area contributed by atoms with Crippen molar-refractivity contribution in [3.8, 4) is 0 Å². The van der Waals surface area contributed by atoms with E-state index in [4.69, 9.17) is 4.74 Å². The summed E-state index contributed by atoms with van der Waals surface area (Å²) in [5.74, 6) is 1.83. The number of carbonyl (C=O) groups is 1. The van der Waals surface area contributed by atoms with Crippen LogP contribution in [0.15, 0.2) is 23.0 Å². The van der Waals surface area contributed by atoms with Crippen molar-refractivity contribution >= 4 is 5.78 Å². The highest BCUT2D eigenvalue weighted by atomic mass is 16.5. The van der Waals surface area contributed by atoms with Gasteiger partial charge >= 0.3 is 0 Å². The Morgan fingerprint density at radius 3 is 3.06 bits per heavy atom. The zero-order chi connectivity index (χ0) is 12.0. The number of allylic oxidation sites excluding steroid dienone is 3. The van der Waals surface area contributed by atoms with Gasteiger partial charge in [0.15, 0.2) is 5.78 Å². The average Bonchev–Trinajstić information content (AvgIpc) is 2.26. The molecule has 0 amide bonds. The maximum Gasteiger partial charge on any atom is 0.162 e. The monoisotopic (exact) mass is 232 g/mol. The lowest BCUT2D eigenvalue weighted by Crippen LogP contribution is -2.44. The second kappa shape index (κ2) is 3.72. The number of ketones is 1. The smallest absolute Gasteiger partial charge is 0.162 e. The normalized spacial score (nSPS) is 36.9. The molecule has 0 aromatic carbocycles. The summed E-state index contributed by atoms with van der Waals surface area (Å²) in [7, 11) is 0. The van der Waals surface area contributed by atoms with Gasteiger partial charge in [-0.1, -0.05) is 11.6 Å². The predicted octanol–water partition coefficient (Wildman–Crippen LogP) is 3.53. The Balaban J connectivity index is 1.94. The molecule has 0 radical (unpaired) electrons. The number of hydrogen-bond acceptors (Lipinski definition) is 2. The molecular weight excluding hydrogens is 212 g/mol. The average molecular weight is 232 g/mol. The molecule has 0 N–H and O–H groups in total. The molecule has 0 saturated carbocycles. The van der Waals surface area contributed by atoms with Crippen LogP contribution in [0.3, 0.4) is 0 Å². The molecule has 0 bridgehead atoms. The fourth-order valence-electron chi connectivity index (χ4n) is 3.52. The van der Waals surface area contributed by atoms with Crippen LogP contribution in [0.25, 0.3) is 0 Å². The zero-order valence-electron chi connectivity index (χ0n) is 10.7. The van der Waals surface area contributed by atoms with Gasteiger partial charge in [-0.3, -0.25) is 4.79 Å². The molecule has 2 aliphatic carbocycles. The highest BCUT2D eigenvalue weighted by Gasteiger charge is 2.44. The standard InChI is InChI=1S/C15H20O2/c1-10-6-7-11-8-12-13(16)4-3-5-14(12)17-15(11,2)9-10/h6,11H,3-5,7-9H2,1-2H3/t11-,15-/m0/s1. The van der Waals surface area contributed by atoms with Gasteiger partial charge in [-0.05, 0) is 33.1 Å². The summed E-state index contributed by atoms with van der Waals surface area (Å²) in [4.78, 5) is 11.9. The van der Waals surface area contributed by atoms with Crippen molar-refractivity contribution in [1.29, 1.82) is 0 Å². The lowest BCUT2D eigenvalue weighted by molar-refractivity contribution is -0.120. The molecule has 0 fully saturated rings. The van der Waals surface area contributed by atoms with Crippen molar-refractivity contribution in [2.45, 2.75) is 58.0 Å². The third-order valence-electron chi connectivity index (χ3n) is 4.53. The van der Waals surface area contributed by atoms with Crippen molar-refractivity contribution in [3.05, 3.63) is 23.0 Å². The molecule has 0 saturated heterocycles. The minimum atomic E-state index is -0.0602. The molecular formula is C15H20O2. The Hall–Kier alpha value is -1.05. The molecule has 2 atom stereocenters. The minimum absolute atomic E-state index is 0.0602. The summed E-state index contributed by atoms with van der Waals surface area (Å²) in [6, 6.07) is 0. The Bertz CT molecular complexity index is 430. The van der Waals surface area contributed by atoms with Crippen LogP contribution in [-0.4, -0.2) is 11.4 Å². The molecule has 3 rings (SSSR count). The van der Waals surface area contributed by atoms with Crippen molar-refractivity contribution in [3.63, 3.8) is 0 Å². The predicted molar refractivity (Wildman–Crippen MR) is 66.5 cm³/mol. The van der Waals surface area contributed by atoms with E-state index in [1.807, 2.05) is 0 Å². The summed E-state index contributed by atoms with van der Waals surface area (Å²) in [5.41, 5.74) is 2.37. The third kappa shape index (κ3) is 1.74. The van der Waals surface area contributed by atoms with Crippen LogP contribution in [0.4, 0.5) is 0 Å². The van der Waals surface area contributed by atoms with Gasteiger partial charge in [-0.15, -0.1) is 0 Å². The van der Waals surface area contributed by atoms with E-state index in [0.717, 1.165) is 49.9 Å². The highest BCUT2D eigenvalue weighted by molar-refractivity contribution is 5.96. The molecule has 1 aliphatic heterocycles. The second-order valence-electron chi connectivity index (χ2n) is 5.96. The van der Waals surface area contributed by atoms with E-state index in [1.165, 1.54) is 5.57 Å². The number of Topliss-reactive ketones (excluding diaryl/α,β-unsaturated/α-hetero) is 1. The van der Waals surface area contributed by atoms with E-state index in [2.05, 4.69) is 19.9 Å². The van der Waals surface area contributed by atoms with Crippen LogP contribution in [-0.2, 0) is 9.53 Å². The van der Waals surface area contributed by atoms with E-state index in [1.54, 1.807) is 0 Å². The maximum atomic E-state index is 11.9. The highest BCUT2D eigenvalue weighted by Crippen LogP contribution is 2.47. The van der Waals surface area contributed by atoms with Gasteiger partial charge in [0.2, 0.25) is 0 Å². The van der Waals surface area contributed by atoms with Crippen molar-refractivity contribution < 1.29 is 9.53 Å². The lowest BCUT2D eigenvalue weighted by atomic mass is 9.71. The molecule has 2 nitrogen and oxygen atoms in total. The first-order chi connectivity index (χ1) is 8.08. The molecule has 92 valence electrons. The fourth-order valence-corrected chi connectivity index (χ4v) is 3.52. The van der Waals surface area contributed by atoms with Crippen LogP contribution >= 0.6 is 0 Å². The Morgan fingerprint density at radius 2 is 2.24 bits per heavy atom. The summed E-state index contributed by atoms with van der Waals surface area (Å²) in [6.07, 6.45) is 7.98. The zero-order valence-corrected chi connectivity index (χ0v) is 10.7. The molecule has 1 heterocycles. The molecule has 0 aromatic heterocycles. The number of ether oxygens (including phenoxy) is 1. The van der Waals surface area contributed by atoms with Gasteiger partial charge < -0.3 is 4.74 Å². The van der Waals surface area contributed by atoms with Crippen molar-refractivity contribution in [2.75, 3.05) is 0 Å². The summed E-state index contributed by atoms with van der Waals surface area (Å²) < 4.78 is 6.24. The summed E-state index contributed by atoms with van der Waals surface area (Å²) >= 11 is 0. The van der Waals surface area contributed by atoms with Crippen molar-refractivity contribution in [2.24, 2.45) is 5.92 Å². The topological polar surface area (TPSA) is 26.3 Å². The van der Waals surface area contributed by atoms with Crippen LogP contribution in [0.2, 0.25) is 0 Å². The largest absolute Gasteiger partial charge is 0.491 e. The molecule has 0 unspecified atom stereocenters. The van der Waals surface area contributed by atoms with Gasteiger partial charge in [0, 0.05) is 30.8 Å². The molecule has 0 spiro atoms. The first-order valence-corrected chi connectivity index (χ1v) is 6.68. The van der Waals surface area contributed by atoms with E-state index < -0.39 is 0 Å². The Labute approximate surface area is 103 Å². The van der Waals surface area contributed by atoms with Crippen LogP contribution in [0.5, 0.6) is 0 Å². The van der Waals surface area contributed by atoms with Crippen LogP contribution < -0.4 is 0 Å². The van der Waals surface area contributed by atoms with Crippen LogP contribution in [0, 0.1) is 5.92 Å². The van der Waals surface area contributed by atoms with E-state index >= 15 is 0 Å². The quantitative estimate of drug-likeness (QED) is 0.597. The SMILES string of the molecule is CC1=CC[C@H]2CC3=C(CCCC3=O)O[C@@]2(C)C1. The summed E-state index contributed by atoms with van der Waals surface area (Å²) in [5, 5.41) is 0. The van der Waals surface area contributed by atoms with Gasteiger partial charge in [-0.2, -0.15) is 0 Å². The number of carbonyl (C=O) groups excluding carboxylic acids is 1. The molecule has 17 heavy (non-hydrogen) atoms. The summed E-state index contributed by atoms with van der Waals surface area (Å²) in [6.45, 7) is 4.40. The first kappa shape index (κ1) is 11.1. The fraction of sp³-hybridized carbons (Fsp3) is 0.667. The van der Waals surface area contributed by atoms with E-state index in [0.29, 0.717) is 11.7 Å². The molecule has 3 aliphatic rings. The van der Waals surface area contributed by atoms with Gasteiger partial charge in [0.25, 0.3) is 0 Å². The second-order valence-corrected chi connectivity index (χ2v) is 5.96. The Kier molecular flexibility index (Phi) is 2.42. The molecule has 2 heteroatoms. The molecule has 0 aromatic rings. The van der Waals surface area contributed by atoms with Crippen molar-refractivity contribution in [1.82, 2.24) is 0 Å². The van der Waals surface area contributed by atoms with E-state index in [-0.39, 0.29) is 5.60 Å². The van der Waals surface area contributed by atoms with E-state index in [9.17, 15) is 4.79 Å². The van der Waals surface area contributed by atoms with Gasteiger partial charge in [-0.25, -0.2) is 0 Å². The number of rotatable bonds is 0. The van der Waals surface area contributed by atoms with Gasteiger partial charge in [0.05, 0.1) is 0 Å². The number of fused-ring (bicyclic) bond motifs is 1. The van der Waals surface area contributed by atoms with Gasteiger partial charge in [0.1, 0.15) is 11.4 Å².